The van der Waals surface area contributed by atoms with Gasteiger partial charge in [0.1, 0.15) is 0 Å². The van der Waals surface area contributed by atoms with Crippen LogP contribution in [0.5, 0.6) is 0 Å². The van der Waals surface area contributed by atoms with Crippen molar-refractivity contribution in [1.82, 2.24) is 0 Å². The van der Waals surface area contributed by atoms with Crippen LogP contribution in [0.4, 0.5) is 0 Å². The van der Waals surface area contributed by atoms with Gasteiger partial charge in [-0.2, -0.15) is 0 Å². The molecular weight excluding hydrogens is 220 g/mol. The Morgan fingerprint density at radius 2 is 1.17 bits per heavy atom. The van der Waals surface area contributed by atoms with Crippen LogP contribution in [0, 0.1) is 5.92 Å². The first-order valence-electron chi connectivity index (χ1n) is 8.46. The lowest BCUT2D eigenvalue weighted by Crippen LogP contribution is -1.99. The van der Waals surface area contributed by atoms with Crippen LogP contribution in [0.15, 0.2) is 0 Å². The molecule has 0 saturated carbocycles. The van der Waals surface area contributed by atoms with Crippen LogP contribution < -0.4 is 0 Å². The number of aliphatic hydroxyl groups is 1. The largest absolute Gasteiger partial charge is 0.396 e. The first kappa shape index (κ1) is 18.0. The number of unbranched alkanes of at least 4 members (excludes halogenated alkanes) is 8. The van der Waals surface area contributed by atoms with Gasteiger partial charge in [-0.25, -0.2) is 0 Å². The minimum Gasteiger partial charge on any atom is -0.396 e. The highest BCUT2D eigenvalue weighted by Gasteiger charge is 2.05. The number of hydrogen-bond acceptors (Lipinski definition) is 1. The quantitative estimate of drug-likeness (QED) is 0.395. The fourth-order valence-electron chi connectivity index (χ4n) is 2.66. The van der Waals surface area contributed by atoms with Crippen LogP contribution in [-0.4, -0.2) is 11.7 Å². The fourth-order valence-corrected chi connectivity index (χ4v) is 2.66. The molecule has 1 nitrogen and oxygen atoms in total. The Labute approximate surface area is 115 Å². The van der Waals surface area contributed by atoms with Crippen LogP contribution in [-0.2, 0) is 0 Å². The number of rotatable bonds is 14. The van der Waals surface area contributed by atoms with Crippen molar-refractivity contribution in [3.8, 4) is 0 Å². The molecule has 0 saturated heterocycles. The summed E-state index contributed by atoms with van der Waals surface area (Å²) in [5, 5.41) is 8.73. The van der Waals surface area contributed by atoms with E-state index in [-0.39, 0.29) is 0 Å². The first-order valence-corrected chi connectivity index (χ1v) is 8.46. The molecular formula is C17H36O. The molecule has 1 heteroatoms. The van der Waals surface area contributed by atoms with Gasteiger partial charge < -0.3 is 5.11 Å². The average Bonchev–Trinajstić information content (AvgIpc) is 2.40. The maximum Gasteiger partial charge on any atom is 0.0431 e. The van der Waals surface area contributed by atoms with Gasteiger partial charge in [0.15, 0.2) is 0 Å². The van der Waals surface area contributed by atoms with Crippen LogP contribution >= 0.6 is 0 Å². The lowest BCUT2D eigenvalue weighted by molar-refractivity contribution is 0.281. The fraction of sp³-hybridized carbons (Fsp3) is 1.00. The summed E-state index contributed by atoms with van der Waals surface area (Å²) in [6, 6.07) is 0. The highest BCUT2D eigenvalue weighted by molar-refractivity contribution is 4.59. The van der Waals surface area contributed by atoms with Crippen molar-refractivity contribution in [2.75, 3.05) is 6.61 Å². The van der Waals surface area contributed by atoms with E-state index in [9.17, 15) is 0 Å². The predicted molar refractivity (Wildman–Crippen MR) is 81.9 cm³/mol. The van der Waals surface area contributed by atoms with E-state index < -0.39 is 0 Å². The third kappa shape index (κ3) is 12.4. The molecule has 0 aromatic rings. The van der Waals surface area contributed by atoms with E-state index in [0.29, 0.717) is 6.61 Å². The van der Waals surface area contributed by atoms with E-state index in [1.807, 2.05) is 0 Å². The Bertz CT molecular complexity index is 145. The van der Waals surface area contributed by atoms with Gasteiger partial charge in [-0.3, -0.25) is 0 Å². The van der Waals surface area contributed by atoms with Gasteiger partial charge in [0.25, 0.3) is 0 Å². The van der Waals surface area contributed by atoms with Gasteiger partial charge in [0, 0.05) is 6.61 Å². The van der Waals surface area contributed by atoms with Gasteiger partial charge in [-0.05, 0) is 12.3 Å². The molecule has 0 fully saturated rings. The first-order chi connectivity index (χ1) is 8.85. The molecule has 0 aliphatic carbocycles. The Morgan fingerprint density at radius 1 is 0.667 bits per heavy atom. The maximum atomic E-state index is 8.73. The van der Waals surface area contributed by atoms with Gasteiger partial charge >= 0.3 is 0 Å². The molecule has 0 spiro atoms. The van der Waals surface area contributed by atoms with Gasteiger partial charge in [0.2, 0.25) is 0 Å². The molecule has 0 bridgehead atoms. The SMILES string of the molecule is CCCCCCCCC(CC)CCCCCCO. The number of aliphatic hydroxyl groups excluding tert-OH is 1. The maximum absolute atomic E-state index is 8.73. The molecule has 0 aromatic heterocycles. The van der Waals surface area contributed by atoms with Crippen LogP contribution in [0.25, 0.3) is 0 Å². The van der Waals surface area contributed by atoms with Crippen molar-refractivity contribution in [3.05, 3.63) is 0 Å². The molecule has 110 valence electrons. The molecule has 18 heavy (non-hydrogen) atoms. The molecule has 0 aromatic carbocycles. The Kier molecular flexibility index (Phi) is 15.0. The van der Waals surface area contributed by atoms with Gasteiger partial charge in [0.05, 0.1) is 0 Å². The Balaban J connectivity index is 3.29. The highest BCUT2D eigenvalue weighted by atomic mass is 16.2. The summed E-state index contributed by atoms with van der Waals surface area (Å²) in [6.07, 6.45) is 17.6. The van der Waals surface area contributed by atoms with Crippen molar-refractivity contribution in [1.29, 1.82) is 0 Å². The third-order valence-corrected chi connectivity index (χ3v) is 4.06. The van der Waals surface area contributed by atoms with E-state index in [2.05, 4.69) is 13.8 Å². The van der Waals surface area contributed by atoms with Crippen LogP contribution in [0.3, 0.4) is 0 Å². The predicted octanol–water partition coefficient (Wildman–Crippen LogP) is 5.71. The van der Waals surface area contributed by atoms with E-state index in [0.717, 1.165) is 12.3 Å². The summed E-state index contributed by atoms with van der Waals surface area (Å²) in [5.74, 6) is 0.963. The monoisotopic (exact) mass is 256 g/mol. The topological polar surface area (TPSA) is 20.2 Å². The van der Waals surface area contributed by atoms with Crippen LogP contribution in [0.2, 0.25) is 0 Å². The average molecular weight is 256 g/mol. The molecule has 1 unspecified atom stereocenters. The summed E-state index contributed by atoms with van der Waals surface area (Å²) in [4.78, 5) is 0. The van der Waals surface area contributed by atoms with E-state index in [1.54, 1.807) is 0 Å². The van der Waals surface area contributed by atoms with Crippen molar-refractivity contribution in [2.24, 2.45) is 5.92 Å². The summed E-state index contributed by atoms with van der Waals surface area (Å²) in [5.41, 5.74) is 0. The molecule has 0 rings (SSSR count). The minimum atomic E-state index is 0.370. The molecule has 0 aliphatic rings. The van der Waals surface area contributed by atoms with Gasteiger partial charge in [-0.15, -0.1) is 0 Å². The zero-order valence-electron chi connectivity index (χ0n) is 12.9. The second-order valence-electron chi connectivity index (χ2n) is 5.76. The second kappa shape index (κ2) is 15.0. The normalized spacial score (nSPS) is 12.8. The lowest BCUT2D eigenvalue weighted by atomic mass is 9.92. The van der Waals surface area contributed by atoms with Gasteiger partial charge in [-0.1, -0.05) is 90.9 Å². The molecule has 0 aliphatic heterocycles. The van der Waals surface area contributed by atoms with E-state index in [4.69, 9.17) is 5.11 Å². The number of hydrogen-bond donors (Lipinski definition) is 1. The lowest BCUT2D eigenvalue weighted by Gasteiger charge is -2.14. The molecule has 0 radical (unpaired) electrons. The smallest absolute Gasteiger partial charge is 0.0431 e. The molecule has 0 heterocycles. The van der Waals surface area contributed by atoms with Crippen molar-refractivity contribution >= 4 is 0 Å². The highest BCUT2D eigenvalue weighted by Crippen LogP contribution is 2.21. The Morgan fingerprint density at radius 3 is 1.67 bits per heavy atom. The van der Waals surface area contributed by atoms with Crippen molar-refractivity contribution < 1.29 is 5.11 Å². The molecule has 1 N–H and O–H groups in total. The van der Waals surface area contributed by atoms with Crippen molar-refractivity contribution in [3.63, 3.8) is 0 Å². The summed E-state index contributed by atoms with van der Waals surface area (Å²) < 4.78 is 0. The van der Waals surface area contributed by atoms with E-state index in [1.165, 1.54) is 77.0 Å². The second-order valence-corrected chi connectivity index (χ2v) is 5.76. The summed E-state index contributed by atoms with van der Waals surface area (Å²) in [7, 11) is 0. The minimum absolute atomic E-state index is 0.370. The van der Waals surface area contributed by atoms with Crippen molar-refractivity contribution in [2.45, 2.75) is 97.3 Å². The van der Waals surface area contributed by atoms with E-state index >= 15 is 0 Å². The standard InChI is InChI=1S/C17H36O/c1-3-5-6-7-8-11-14-17(4-2)15-12-9-10-13-16-18/h17-18H,3-16H2,1-2H3. The van der Waals surface area contributed by atoms with Crippen LogP contribution in [0.1, 0.15) is 97.3 Å². The zero-order chi connectivity index (χ0) is 13.5. The summed E-state index contributed by atoms with van der Waals surface area (Å²) >= 11 is 0. The summed E-state index contributed by atoms with van der Waals surface area (Å²) in [6.45, 7) is 4.99. The molecule has 0 amide bonds. The molecule has 1 atom stereocenters. The third-order valence-electron chi connectivity index (χ3n) is 4.06. The Hall–Kier alpha value is -0.0400. The zero-order valence-corrected chi connectivity index (χ0v) is 12.9.